The molecule has 0 bridgehead atoms. The van der Waals surface area contributed by atoms with Gasteiger partial charge in [-0.15, -0.1) is 0 Å². The predicted molar refractivity (Wildman–Crippen MR) is 129 cm³/mol. The van der Waals surface area contributed by atoms with Gasteiger partial charge in [-0.05, 0) is 115 Å². The third-order valence-corrected chi connectivity index (χ3v) is 6.26. The number of carbonyl (C=O) groups is 1. The van der Waals surface area contributed by atoms with Crippen molar-refractivity contribution in [3.8, 4) is 11.5 Å². The van der Waals surface area contributed by atoms with Crippen molar-refractivity contribution in [2.45, 2.75) is 72.6 Å². The highest BCUT2D eigenvalue weighted by Gasteiger charge is 2.21. The lowest BCUT2D eigenvalue weighted by Crippen LogP contribution is -2.12. The summed E-state index contributed by atoms with van der Waals surface area (Å²) in [5, 5.41) is 20.7. The fraction of sp³-hybridized carbons (Fsp3) is 0.393. The van der Waals surface area contributed by atoms with Crippen LogP contribution in [0.3, 0.4) is 0 Å². The first-order valence-corrected chi connectivity index (χ1v) is 11.6. The Balaban J connectivity index is 1.97. The van der Waals surface area contributed by atoms with Crippen LogP contribution in [-0.4, -0.2) is 16.0 Å². The van der Waals surface area contributed by atoms with Crippen LogP contribution in [0.5, 0.6) is 11.5 Å². The zero-order valence-corrected chi connectivity index (χ0v) is 19.2. The lowest BCUT2D eigenvalue weighted by molar-refractivity contribution is -0.112. The van der Waals surface area contributed by atoms with Crippen molar-refractivity contribution in [3.05, 3.63) is 68.8 Å². The second-order valence-corrected chi connectivity index (χ2v) is 8.31. The molecule has 31 heavy (non-hydrogen) atoms. The number of hydrogen-bond donors (Lipinski definition) is 2. The van der Waals surface area contributed by atoms with Gasteiger partial charge in [0.15, 0.2) is 5.78 Å². The van der Waals surface area contributed by atoms with E-state index >= 15 is 0 Å². The van der Waals surface area contributed by atoms with Gasteiger partial charge in [0.25, 0.3) is 0 Å². The predicted octanol–water partition coefficient (Wildman–Crippen LogP) is 6.57. The molecule has 1 aliphatic rings. The Hall–Kier alpha value is -2.81. The summed E-state index contributed by atoms with van der Waals surface area (Å²) < 4.78 is 0. The average Bonchev–Trinajstić information content (AvgIpc) is 2.78. The molecular weight excluding hydrogens is 384 g/mol. The number of benzene rings is 2. The first-order valence-electron chi connectivity index (χ1n) is 11.6. The van der Waals surface area contributed by atoms with Gasteiger partial charge in [-0.25, -0.2) is 0 Å². The topological polar surface area (TPSA) is 57.5 Å². The number of phenols is 2. The van der Waals surface area contributed by atoms with Crippen LogP contribution in [0.4, 0.5) is 0 Å². The molecule has 0 spiro atoms. The largest absolute Gasteiger partial charge is 0.507 e. The average molecular weight is 419 g/mol. The molecule has 0 atom stereocenters. The minimum atomic E-state index is 0.111. The maximum Gasteiger partial charge on any atom is 0.185 e. The quantitative estimate of drug-likeness (QED) is 0.522. The molecule has 0 radical (unpaired) electrons. The van der Waals surface area contributed by atoms with E-state index in [0.717, 1.165) is 89.5 Å². The zero-order valence-electron chi connectivity index (χ0n) is 19.2. The number of carbonyl (C=O) groups excluding carboxylic acids is 1. The van der Waals surface area contributed by atoms with Crippen LogP contribution >= 0.6 is 0 Å². The highest BCUT2D eigenvalue weighted by molar-refractivity contribution is 6.14. The van der Waals surface area contributed by atoms with Crippen molar-refractivity contribution < 1.29 is 15.0 Å². The van der Waals surface area contributed by atoms with Gasteiger partial charge in [-0.3, -0.25) is 4.79 Å². The van der Waals surface area contributed by atoms with E-state index in [4.69, 9.17) is 0 Å². The van der Waals surface area contributed by atoms with E-state index in [1.807, 2.05) is 64.1 Å². The standard InChI is InChI=1S/C28H34O3/c1-5-20-12-18(13-21(6-2)26(20)29)16-24-10-9-11-25(28(24)31)17-19-14-22(7-3)27(30)23(8-4)15-19/h12-17,29-30H,5-11H2,1-4H3/b24-16+,25-17+. The smallest absolute Gasteiger partial charge is 0.185 e. The third-order valence-electron chi connectivity index (χ3n) is 6.26. The lowest BCUT2D eigenvalue weighted by Gasteiger charge is -2.18. The van der Waals surface area contributed by atoms with Gasteiger partial charge < -0.3 is 10.2 Å². The number of allylic oxidation sites excluding steroid dienone is 2. The minimum absolute atomic E-state index is 0.111. The SMILES string of the molecule is CCc1cc(/C=C2\CCC/C(=C\c3cc(CC)c(O)c(CC)c3)C2=O)cc(CC)c1O. The first kappa shape index (κ1) is 22.9. The Morgan fingerprint density at radius 3 is 1.29 bits per heavy atom. The maximum absolute atomic E-state index is 13.3. The van der Waals surface area contributed by atoms with Crippen LogP contribution < -0.4 is 0 Å². The molecule has 3 heteroatoms. The Bertz CT molecular complexity index is 909. The number of aryl methyl sites for hydroxylation is 4. The molecule has 2 aromatic rings. The molecule has 3 rings (SSSR count). The van der Waals surface area contributed by atoms with Crippen LogP contribution in [0, 0.1) is 0 Å². The lowest BCUT2D eigenvalue weighted by atomic mass is 9.86. The molecule has 1 saturated carbocycles. The monoisotopic (exact) mass is 418 g/mol. The van der Waals surface area contributed by atoms with Crippen LogP contribution in [0.2, 0.25) is 0 Å². The number of aromatic hydroxyl groups is 2. The molecule has 0 heterocycles. The molecule has 164 valence electrons. The van der Waals surface area contributed by atoms with E-state index in [2.05, 4.69) is 0 Å². The molecule has 3 nitrogen and oxygen atoms in total. The maximum atomic E-state index is 13.3. The first-order chi connectivity index (χ1) is 14.9. The van der Waals surface area contributed by atoms with Gasteiger partial charge in [0.2, 0.25) is 0 Å². The fourth-order valence-corrected chi connectivity index (χ4v) is 4.40. The van der Waals surface area contributed by atoms with E-state index < -0.39 is 0 Å². The number of ketones is 1. The summed E-state index contributed by atoms with van der Waals surface area (Å²) >= 11 is 0. The summed E-state index contributed by atoms with van der Waals surface area (Å²) in [5.74, 6) is 0.876. The minimum Gasteiger partial charge on any atom is -0.507 e. The van der Waals surface area contributed by atoms with Crippen LogP contribution in [0.15, 0.2) is 35.4 Å². The Kier molecular flexibility index (Phi) is 7.37. The number of hydrogen-bond acceptors (Lipinski definition) is 3. The van der Waals surface area contributed by atoms with E-state index in [0.29, 0.717) is 11.5 Å². The van der Waals surface area contributed by atoms with E-state index in [9.17, 15) is 15.0 Å². The van der Waals surface area contributed by atoms with Crippen molar-refractivity contribution in [1.29, 1.82) is 0 Å². The molecule has 0 amide bonds. The summed E-state index contributed by atoms with van der Waals surface area (Å²) in [7, 11) is 0. The molecule has 0 aliphatic heterocycles. The molecule has 1 fully saturated rings. The Morgan fingerprint density at radius 2 is 1.00 bits per heavy atom. The van der Waals surface area contributed by atoms with Gasteiger partial charge in [-0.2, -0.15) is 0 Å². The molecule has 0 aromatic heterocycles. The van der Waals surface area contributed by atoms with Crippen LogP contribution in [0.1, 0.15) is 80.3 Å². The summed E-state index contributed by atoms with van der Waals surface area (Å²) in [6.07, 6.45) is 9.53. The van der Waals surface area contributed by atoms with Crippen molar-refractivity contribution in [2.75, 3.05) is 0 Å². The van der Waals surface area contributed by atoms with E-state index in [1.54, 1.807) is 0 Å². The molecule has 0 unspecified atom stereocenters. The highest BCUT2D eigenvalue weighted by Crippen LogP contribution is 2.32. The second kappa shape index (κ2) is 10.00. The Labute approximate surface area is 186 Å². The number of Topliss-reactive ketones (excluding diaryl/α,β-unsaturated/α-hetero) is 1. The fourth-order valence-electron chi connectivity index (χ4n) is 4.40. The molecule has 2 N–H and O–H groups in total. The third kappa shape index (κ3) is 4.92. The van der Waals surface area contributed by atoms with Crippen molar-refractivity contribution in [1.82, 2.24) is 0 Å². The Morgan fingerprint density at radius 1 is 0.677 bits per heavy atom. The highest BCUT2D eigenvalue weighted by atomic mass is 16.3. The summed E-state index contributed by atoms with van der Waals surface area (Å²) in [6, 6.07) is 7.98. The van der Waals surface area contributed by atoms with Gasteiger partial charge in [0, 0.05) is 11.1 Å². The summed E-state index contributed by atoms with van der Waals surface area (Å²) in [4.78, 5) is 13.3. The van der Waals surface area contributed by atoms with Crippen molar-refractivity contribution in [2.24, 2.45) is 0 Å². The van der Waals surface area contributed by atoms with Crippen LogP contribution in [-0.2, 0) is 30.5 Å². The second-order valence-electron chi connectivity index (χ2n) is 8.31. The summed E-state index contributed by atoms with van der Waals surface area (Å²) in [6.45, 7) is 8.13. The van der Waals surface area contributed by atoms with Crippen LogP contribution in [0.25, 0.3) is 12.2 Å². The number of phenolic OH excluding ortho intramolecular Hbond substituents is 2. The molecule has 1 aliphatic carbocycles. The van der Waals surface area contributed by atoms with Gasteiger partial charge in [0.1, 0.15) is 11.5 Å². The molecular formula is C28H34O3. The van der Waals surface area contributed by atoms with Crippen molar-refractivity contribution in [3.63, 3.8) is 0 Å². The summed E-state index contributed by atoms with van der Waals surface area (Å²) in [5.41, 5.74) is 7.34. The van der Waals surface area contributed by atoms with Gasteiger partial charge >= 0.3 is 0 Å². The zero-order chi connectivity index (χ0) is 22.5. The number of rotatable bonds is 6. The normalized spacial score (nSPS) is 17.0. The van der Waals surface area contributed by atoms with Gasteiger partial charge in [0.05, 0.1) is 0 Å². The van der Waals surface area contributed by atoms with Crippen molar-refractivity contribution >= 4 is 17.9 Å². The van der Waals surface area contributed by atoms with Gasteiger partial charge in [-0.1, -0.05) is 27.7 Å². The van der Waals surface area contributed by atoms with E-state index in [1.165, 1.54) is 0 Å². The molecule has 0 saturated heterocycles. The van der Waals surface area contributed by atoms with E-state index in [-0.39, 0.29) is 5.78 Å². The molecule has 2 aromatic carbocycles.